The molecule has 2 N–H and O–H groups in total. The summed E-state index contributed by atoms with van der Waals surface area (Å²) in [6, 6.07) is 15.7. The number of likely N-dealkylation sites (N-methyl/N-ethyl adjacent to an activating group) is 1. The third-order valence-corrected chi connectivity index (χ3v) is 5.14. The van der Waals surface area contributed by atoms with Gasteiger partial charge in [0.2, 0.25) is 6.79 Å². The quantitative estimate of drug-likeness (QED) is 0.674. The van der Waals surface area contributed by atoms with Gasteiger partial charge in [-0.25, -0.2) is 0 Å². The molecule has 1 amide bonds. The summed E-state index contributed by atoms with van der Waals surface area (Å²) >= 11 is 0. The number of H-pyrrole nitrogens is 1. The molecule has 4 rings (SSSR count). The van der Waals surface area contributed by atoms with Gasteiger partial charge in [0.15, 0.2) is 11.5 Å². The Bertz CT molecular complexity index is 1010. The van der Waals surface area contributed by atoms with Crippen molar-refractivity contribution in [2.24, 2.45) is 0 Å². The van der Waals surface area contributed by atoms with Crippen LogP contribution in [0.25, 0.3) is 11.3 Å². The molecule has 0 bridgehead atoms. The number of hydrogen-bond donors (Lipinski definition) is 2. The summed E-state index contributed by atoms with van der Waals surface area (Å²) in [5.41, 5.74) is 4.12. The molecule has 2 heterocycles. The molecule has 1 aliphatic rings. The minimum absolute atomic E-state index is 0.00901. The van der Waals surface area contributed by atoms with Crippen LogP contribution in [0.4, 0.5) is 0 Å². The van der Waals surface area contributed by atoms with Crippen LogP contribution in [-0.2, 0) is 0 Å². The molecule has 29 heavy (non-hydrogen) atoms. The zero-order chi connectivity index (χ0) is 20.4. The van der Waals surface area contributed by atoms with Gasteiger partial charge in [-0.1, -0.05) is 36.4 Å². The number of carbonyl (C=O) groups excluding carboxylic acids is 1. The molecule has 0 fully saturated rings. The van der Waals surface area contributed by atoms with Crippen molar-refractivity contribution in [1.29, 1.82) is 0 Å². The lowest BCUT2D eigenvalue weighted by atomic mass is 10.0. The van der Waals surface area contributed by atoms with Crippen LogP contribution in [0.3, 0.4) is 0 Å². The number of rotatable bonds is 6. The lowest BCUT2D eigenvalue weighted by molar-refractivity contribution is 0.0936. The van der Waals surface area contributed by atoms with E-state index in [1.165, 1.54) is 0 Å². The SMILES string of the molecule is Cc1c(-c2ccccc2)n[nH]c1C(=O)NCC(c1ccc2c(c1)OCO2)N(C)C. The monoisotopic (exact) mass is 392 g/mol. The molecule has 1 atom stereocenters. The number of amides is 1. The highest BCUT2D eigenvalue weighted by atomic mass is 16.7. The van der Waals surface area contributed by atoms with Gasteiger partial charge in [0.25, 0.3) is 5.91 Å². The smallest absolute Gasteiger partial charge is 0.269 e. The van der Waals surface area contributed by atoms with Crippen molar-refractivity contribution < 1.29 is 14.3 Å². The van der Waals surface area contributed by atoms with E-state index in [1.807, 2.05) is 69.6 Å². The van der Waals surface area contributed by atoms with Gasteiger partial charge in [-0.15, -0.1) is 0 Å². The molecule has 0 spiro atoms. The minimum atomic E-state index is -0.176. The van der Waals surface area contributed by atoms with Crippen molar-refractivity contribution in [2.45, 2.75) is 13.0 Å². The topological polar surface area (TPSA) is 79.5 Å². The molecular weight excluding hydrogens is 368 g/mol. The van der Waals surface area contributed by atoms with Crippen LogP contribution >= 0.6 is 0 Å². The third kappa shape index (κ3) is 3.82. The van der Waals surface area contributed by atoms with E-state index in [1.54, 1.807) is 0 Å². The summed E-state index contributed by atoms with van der Waals surface area (Å²) in [5, 5.41) is 10.3. The molecule has 2 aromatic carbocycles. The van der Waals surface area contributed by atoms with Gasteiger partial charge >= 0.3 is 0 Å². The van der Waals surface area contributed by atoms with Crippen LogP contribution in [0.5, 0.6) is 11.5 Å². The highest BCUT2D eigenvalue weighted by molar-refractivity contribution is 5.95. The van der Waals surface area contributed by atoms with Gasteiger partial charge in [-0.05, 0) is 38.7 Å². The summed E-state index contributed by atoms with van der Waals surface area (Å²) < 4.78 is 10.9. The summed E-state index contributed by atoms with van der Waals surface area (Å²) in [7, 11) is 3.97. The first-order chi connectivity index (χ1) is 14.0. The molecular formula is C22H24N4O3. The maximum atomic E-state index is 12.8. The van der Waals surface area contributed by atoms with Crippen LogP contribution in [0, 0.1) is 6.92 Å². The van der Waals surface area contributed by atoms with E-state index in [-0.39, 0.29) is 18.7 Å². The van der Waals surface area contributed by atoms with Gasteiger partial charge in [0.1, 0.15) is 5.69 Å². The first kappa shape index (κ1) is 19.0. The number of aromatic amines is 1. The predicted octanol–water partition coefficient (Wildman–Crippen LogP) is 3.15. The van der Waals surface area contributed by atoms with E-state index in [0.29, 0.717) is 12.2 Å². The maximum Gasteiger partial charge on any atom is 0.269 e. The van der Waals surface area contributed by atoms with Crippen molar-refractivity contribution >= 4 is 5.91 Å². The Kier molecular flexibility index (Phi) is 5.22. The molecule has 7 nitrogen and oxygen atoms in total. The molecule has 1 aliphatic heterocycles. The number of benzene rings is 2. The fourth-order valence-electron chi connectivity index (χ4n) is 3.49. The Morgan fingerprint density at radius 1 is 1.17 bits per heavy atom. The van der Waals surface area contributed by atoms with E-state index < -0.39 is 0 Å². The van der Waals surface area contributed by atoms with Gasteiger partial charge in [0, 0.05) is 17.7 Å². The molecule has 1 unspecified atom stereocenters. The normalized spacial score (nSPS) is 13.5. The van der Waals surface area contributed by atoms with Crippen molar-refractivity contribution in [3.8, 4) is 22.8 Å². The Morgan fingerprint density at radius 2 is 1.93 bits per heavy atom. The van der Waals surface area contributed by atoms with E-state index in [4.69, 9.17) is 9.47 Å². The summed E-state index contributed by atoms with van der Waals surface area (Å²) in [6.45, 7) is 2.59. The third-order valence-electron chi connectivity index (χ3n) is 5.14. The van der Waals surface area contributed by atoms with Crippen molar-refractivity contribution in [3.05, 3.63) is 65.4 Å². The second kappa shape index (κ2) is 7.97. The Labute approximate surface area is 169 Å². The molecule has 0 radical (unpaired) electrons. The van der Waals surface area contributed by atoms with Gasteiger partial charge < -0.3 is 19.7 Å². The predicted molar refractivity (Wildman–Crippen MR) is 110 cm³/mol. The number of aromatic nitrogens is 2. The summed E-state index contributed by atoms with van der Waals surface area (Å²) in [5.74, 6) is 1.30. The molecule has 150 valence electrons. The molecule has 3 aromatic rings. The second-order valence-corrected chi connectivity index (χ2v) is 7.24. The van der Waals surface area contributed by atoms with Crippen molar-refractivity contribution in [2.75, 3.05) is 27.4 Å². The van der Waals surface area contributed by atoms with Crippen LogP contribution in [0.1, 0.15) is 27.7 Å². The Balaban J connectivity index is 1.49. The summed E-state index contributed by atoms with van der Waals surface area (Å²) in [4.78, 5) is 14.9. The number of fused-ring (bicyclic) bond motifs is 1. The fourth-order valence-corrected chi connectivity index (χ4v) is 3.49. The van der Waals surface area contributed by atoms with Crippen molar-refractivity contribution in [1.82, 2.24) is 20.4 Å². The number of ether oxygens (including phenoxy) is 2. The zero-order valence-corrected chi connectivity index (χ0v) is 16.7. The Morgan fingerprint density at radius 3 is 2.69 bits per heavy atom. The molecule has 0 saturated heterocycles. The number of carbonyl (C=O) groups is 1. The Hall–Kier alpha value is -3.32. The van der Waals surface area contributed by atoms with Crippen LogP contribution in [0.2, 0.25) is 0 Å². The van der Waals surface area contributed by atoms with Gasteiger partial charge in [-0.3, -0.25) is 9.89 Å². The standard InChI is InChI=1S/C22H24N4O3/c1-14-20(15-7-5-4-6-8-15)24-25-21(14)22(27)23-12-17(26(2)3)16-9-10-18-19(11-16)29-13-28-18/h4-11,17H,12-13H2,1-3H3,(H,23,27)(H,24,25). The van der Waals surface area contributed by atoms with E-state index in [0.717, 1.165) is 33.9 Å². The van der Waals surface area contributed by atoms with E-state index in [2.05, 4.69) is 20.4 Å². The first-order valence-electron chi connectivity index (χ1n) is 9.49. The van der Waals surface area contributed by atoms with Crippen LogP contribution in [-0.4, -0.2) is 48.4 Å². The molecule has 7 heteroatoms. The molecule has 1 aromatic heterocycles. The lowest BCUT2D eigenvalue weighted by Gasteiger charge is -2.25. The number of nitrogens with zero attached hydrogens (tertiary/aromatic N) is 2. The lowest BCUT2D eigenvalue weighted by Crippen LogP contribution is -2.35. The highest BCUT2D eigenvalue weighted by Crippen LogP contribution is 2.35. The van der Waals surface area contributed by atoms with E-state index >= 15 is 0 Å². The maximum absolute atomic E-state index is 12.8. The first-order valence-corrected chi connectivity index (χ1v) is 9.49. The van der Waals surface area contributed by atoms with Gasteiger partial charge in [-0.2, -0.15) is 5.10 Å². The summed E-state index contributed by atoms with van der Waals surface area (Å²) in [6.07, 6.45) is 0. The fraction of sp³-hybridized carbons (Fsp3) is 0.273. The minimum Gasteiger partial charge on any atom is -0.454 e. The molecule has 0 aliphatic carbocycles. The number of hydrogen-bond acceptors (Lipinski definition) is 5. The van der Waals surface area contributed by atoms with Crippen LogP contribution in [0.15, 0.2) is 48.5 Å². The highest BCUT2D eigenvalue weighted by Gasteiger charge is 2.22. The largest absolute Gasteiger partial charge is 0.454 e. The average Bonchev–Trinajstić information content (AvgIpc) is 3.34. The molecule has 0 saturated carbocycles. The van der Waals surface area contributed by atoms with Crippen molar-refractivity contribution in [3.63, 3.8) is 0 Å². The van der Waals surface area contributed by atoms with Crippen LogP contribution < -0.4 is 14.8 Å². The van der Waals surface area contributed by atoms with Gasteiger partial charge in [0.05, 0.1) is 11.7 Å². The average molecular weight is 392 g/mol. The zero-order valence-electron chi connectivity index (χ0n) is 16.7. The number of nitrogens with one attached hydrogen (secondary N) is 2. The second-order valence-electron chi connectivity index (χ2n) is 7.24. The van der Waals surface area contributed by atoms with E-state index in [9.17, 15) is 4.79 Å².